The van der Waals surface area contributed by atoms with Crippen LogP contribution in [0.1, 0.15) is 33.1 Å². The van der Waals surface area contributed by atoms with E-state index in [2.05, 4.69) is 20.7 Å². The van der Waals surface area contributed by atoms with Crippen molar-refractivity contribution in [2.24, 2.45) is 0 Å². The number of nitrogens with zero attached hydrogens (tertiary/aromatic N) is 1. The largest absolute Gasteiger partial charge is 0.486 e. The van der Waals surface area contributed by atoms with Gasteiger partial charge in [-0.2, -0.15) is 4.72 Å². The number of benzene rings is 1. The third kappa shape index (κ3) is 3.99. The number of likely N-dealkylation sites (tertiary alicyclic amines) is 1. The van der Waals surface area contributed by atoms with Gasteiger partial charge in [0.05, 0.1) is 6.04 Å². The zero-order valence-electron chi connectivity index (χ0n) is 14.8. The van der Waals surface area contributed by atoms with Crippen molar-refractivity contribution in [3.8, 4) is 11.5 Å². The predicted octanol–water partition coefficient (Wildman–Crippen LogP) is 2.29. The molecule has 0 radical (unpaired) electrons. The van der Waals surface area contributed by atoms with Crippen LogP contribution in [0.25, 0.3) is 0 Å². The molecule has 2 atom stereocenters. The topological polar surface area (TPSA) is 84.9 Å². The number of hydrogen-bond acceptors (Lipinski definition) is 5. The van der Waals surface area contributed by atoms with Gasteiger partial charge in [0.1, 0.15) is 18.1 Å². The van der Waals surface area contributed by atoms with Crippen molar-refractivity contribution < 1.29 is 22.7 Å². The summed E-state index contributed by atoms with van der Waals surface area (Å²) in [6.07, 6.45) is 2.98. The number of rotatable bonds is 4. The van der Waals surface area contributed by atoms with Gasteiger partial charge >= 0.3 is 0 Å². The molecule has 1 amide bonds. The van der Waals surface area contributed by atoms with E-state index in [0.29, 0.717) is 35.7 Å². The van der Waals surface area contributed by atoms with Gasteiger partial charge in [0, 0.05) is 23.1 Å². The monoisotopic (exact) mass is 446 g/mol. The summed E-state index contributed by atoms with van der Waals surface area (Å²) < 4.78 is 39.4. The maximum Gasteiger partial charge on any atom is 0.242 e. The van der Waals surface area contributed by atoms with E-state index < -0.39 is 16.1 Å². The molecule has 1 aromatic rings. The van der Waals surface area contributed by atoms with E-state index in [0.717, 1.165) is 19.3 Å². The van der Waals surface area contributed by atoms with Crippen LogP contribution >= 0.6 is 15.9 Å². The molecule has 3 rings (SSSR count). The summed E-state index contributed by atoms with van der Waals surface area (Å²) in [7, 11) is -3.90. The number of fused-ring (bicyclic) bond motifs is 1. The van der Waals surface area contributed by atoms with Gasteiger partial charge in [0.15, 0.2) is 11.5 Å². The minimum Gasteiger partial charge on any atom is -0.486 e. The second kappa shape index (κ2) is 7.74. The Morgan fingerprint density at radius 1 is 1.27 bits per heavy atom. The Labute approximate surface area is 162 Å². The summed E-state index contributed by atoms with van der Waals surface area (Å²) >= 11 is 3.27. The van der Waals surface area contributed by atoms with E-state index >= 15 is 0 Å². The van der Waals surface area contributed by atoms with Crippen LogP contribution in [0.5, 0.6) is 11.5 Å². The second-order valence-corrected chi connectivity index (χ2v) is 9.18. The van der Waals surface area contributed by atoms with Crippen LogP contribution in [-0.4, -0.2) is 51.1 Å². The minimum absolute atomic E-state index is 0.0214. The number of nitrogens with one attached hydrogen (secondary N) is 1. The van der Waals surface area contributed by atoms with Crippen LogP contribution in [0.3, 0.4) is 0 Å². The number of amides is 1. The van der Waals surface area contributed by atoms with E-state index in [1.54, 1.807) is 17.9 Å². The summed E-state index contributed by atoms with van der Waals surface area (Å²) in [6.45, 7) is 5.02. The Bertz CT molecular complexity index is 799. The molecule has 1 saturated heterocycles. The first-order valence-electron chi connectivity index (χ1n) is 8.71. The molecule has 2 aliphatic rings. The molecule has 1 fully saturated rings. The van der Waals surface area contributed by atoms with Crippen molar-refractivity contribution in [2.75, 3.05) is 19.8 Å². The molecule has 7 nitrogen and oxygen atoms in total. The Morgan fingerprint density at radius 3 is 2.58 bits per heavy atom. The molecule has 0 bridgehead atoms. The maximum atomic E-state index is 12.8. The minimum atomic E-state index is -3.90. The molecule has 2 heterocycles. The predicted molar refractivity (Wildman–Crippen MR) is 99.9 cm³/mol. The first-order chi connectivity index (χ1) is 12.3. The second-order valence-electron chi connectivity index (χ2n) is 6.65. The fourth-order valence-corrected chi connectivity index (χ4v) is 5.50. The Balaban J connectivity index is 1.79. The average Bonchev–Trinajstić information content (AvgIpc) is 2.60. The zero-order chi connectivity index (χ0) is 18.9. The van der Waals surface area contributed by atoms with E-state index in [1.165, 1.54) is 6.07 Å². The normalized spacial score (nSPS) is 21.3. The van der Waals surface area contributed by atoms with Crippen molar-refractivity contribution in [1.82, 2.24) is 9.62 Å². The van der Waals surface area contributed by atoms with Gasteiger partial charge in [-0.25, -0.2) is 8.42 Å². The van der Waals surface area contributed by atoms with Gasteiger partial charge in [-0.1, -0.05) is 0 Å². The molecule has 0 aromatic heterocycles. The Morgan fingerprint density at radius 2 is 1.92 bits per heavy atom. The lowest BCUT2D eigenvalue weighted by Crippen LogP contribution is -2.51. The zero-order valence-corrected chi connectivity index (χ0v) is 17.2. The Kier molecular flexibility index (Phi) is 5.78. The Hall–Kier alpha value is -1.32. The van der Waals surface area contributed by atoms with E-state index in [-0.39, 0.29) is 16.8 Å². The lowest BCUT2D eigenvalue weighted by Gasteiger charge is -2.35. The summed E-state index contributed by atoms with van der Waals surface area (Å²) in [5.41, 5.74) is 0. The van der Waals surface area contributed by atoms with Crippen LogP contribution in [-0.2, 0) is 14.8 Å². The van der Waals surface area contributed by atoms with Crippen molar-refractivity contribution >= 4 is 31.9 Å². The summed E-state index contributed by atoms with van der Waals surface area (Å²) in [6, 6.07) is 2.27. The summed E-state index contributed by atoms with van der Waals surface area (Å²) in [5, 5.41) is 0. The van der Waals surface area contributed by atoms with Gasteiger partial charge in [-0.15, -0.1) is 0 Å². The number of carbonyl (C=O) groups excluding carboxylic acids is 1. The fraction of sp³-hybridized carbons (Fsp3) is 0.588. The van der Waals surface area contributed by atoms with Crippen LogP contribution in [0.4, 0.5) is 0 Å². The fourth-order valence-electron chi connectivity index (χ4n) is 3.27. The smallest absolute Gasteiger partial charge is 0.242 e. The summed E-state index contributed by atoms with van der Waals surface area (Å²) in [4.78, 5) is 14.5. The highest BCUT2D eigenvalue weighted by molar-refractivity contribution is 9.10. The molecular weight excluding hydrogens is 424 g/mol. The SMILES string of the molecule is C[C@H](NS(=O)(=O)c1cc2c(cc1Br)OCCO2)C(=O)N1CCCC[C@@H]1C. The van der Waals surface area contributed by atoms with Crippen LogP contribution in [0.2, 0.25) is 0 Å². The number of piperidine rings is 1. The number of ether oxygens (including phenoxy) is 2. The lowest BCUT2D eigenvalue weighted by molar-refractivity contribution is -0.135. The molecule has 1 aromatic carbocycles. The van der Waals surface area contributed by atoms with Gasteiger partial charge < -0.3 is 14.4 Å². The highest BCUT2D eigenvalue weighted by atomic mass is 79.9. The number of halogens is 1. The maximum absolute atomic E-state index is 12.8. The first kappa shape index (κ1) is 19.4. The van der Waals surface area contributed by atoms with E-state index in [4.69, 9.17) is 9.47 Å². The lowest BCUT2D eigenvalue weighted by atomic mass is 10.0. The van der Waals surface area contributed by atoms with E-state index in [1.807, 2.05) is 6.92 Å². The molecule has 144 valence electrons. The standard InChI is InChI=1S/C17H23BrN2O5S/c1-11-5-3-4-6-20(11)17(21)12(2)19-26(22,23)16-10-15-14(9-13(16)18)24-7-8-25-15/h9-12,19H,3-8H2,1-2H3/t11-,12-/m0/s1. The molecule has 9 heteroatoms. The van der Waals surface area contributed by atoms with Crippen molar-refractivity contribution in [2.45, 2.75) is 50.1 Å². The van der Waals surface area contributed by atoms with Crippen LogP contribution in [0, 0.1) is 0 Å². The summed E-state index contributed by atoms with van der Waals surface area (Å²) in [5.74, 6) is 0.672. The van der Waals surface area contributed by atoms with Gasteiger partial charge in [-0.05, 0) is 55.1 Å². The van der Waals surface area contributed by atoms with Crippen molar-refractivity contribution in [3.63, 3.8) is 0 Å². The number of sulfonamides is 1. The molecule has 0 spiro atoms. The van der Waals surface area contributed by atoms with Crippen molar-refractivity contribution in [1.29, 1.82) is 0 Å². The van der Waals surface area contributed by atoms with Gasteiger partial charge in [0.25, 0.3) is 0 Å². The van der Waals surface area contributed by atoms with Gasteiger partial charge in [-0.3, -0.25) is 4.79 Å². The first-order valence-corrected chi connectivity index (χ1v) is 11.0. The third-order valence-electron chi connectivity index (χ3n) is 4.67. The third-order valence-corrected chi connectivity index (χ3v) is 7.17. The van der Waals surface area contributed by atoms with E-state index in [9.17, 15) is 13.2 Å². The highest BCUT2D eigenvalue weighted by Gasteiger charge is 2.31. The molecule has 0 saturated carbocycles. The molecule has 0 unspecified atom stereocenters. The quantitative estimate of drug-likeness (QED) is 0.766. The van der Waals surface area contributed by atoms with Gasteiger partial charge in [0.2, 0.25) is 15.9 Å². The highest BCUT2D eigenvalue weighted by Crippen LogP contribution is 2.37. The number of carbonyl (C=O) groups is 1. The number of hydrogen-bond donors (Lipinski definition) is 1. The van der Waals surface area contributed by atoms with Crippen LogP contribution in [0.15, 0.2) is 21.5 Å². The van der Waals surface area contributed by atoms with Crippen molar-refractivity contribution in [3.05, 3.63) is 16.6 Å². The molecular formula is C17H23BrN2O5S. The van der Waals surface area contributed by atoms with Crippen LogP contribution < -0.4 is 14.2 Å². The average molecular weight is 447 g/mol. The molecule has 0 aliphatic carbocycles. The molecule has 1 N–H and O–H groups in total. The molecule has 2 aliphatic heterocycles. The molecule has 26 heavy (non-hydrogen) atoms.